The minimum atomic E-state index is 0.332. The summed E-state index contributed by atoms with van der Waals surface area (Å²) in [7, 11) is 1.99. The van der Waals surface area contributed by atoms with Crippen molar-refractivity contribution < 1.29 is 5.11 Å². The van der Waals surface area contributed by atoms with E-state index in [4.69, 9.17) is 0 Å². The van der Waals surface area contributed by atoms with Crippen LogP contribution in [0.1, 0.15) is 50.7 Å². The van der Waals surface area contributed by atoms with Gasteiger partial charge in [-0.05, 0) is 47.2 Å². The Balaban J connectivity index is 2.35. The molecular weight excluding hydrogens is 258 g/mol. The second kappa shape index (κ2) is 6.21. The lowest BCUT2D eigenvalue weighted by molar-refractivity contribution is 0.475. The molecule has 0 aliphatic heterocycles. The van der Waals surface area contributed by atoms with E-state index in [1.807, 2.05) is 24.1 Å². The highest BCUT2D eigenvalue weighted by atomic mass is 16.3. The number of phenols is 1. The summed E-state index contributed by atoms with van der Waals surface area (Å²) in [6.45, 7) is 8.64. The molecule has 2 aromatic rings. The molecule has 2 aromatic carbocycles. The molecule has 21 heavy (non-hydrogen) atoms. The lowest BCUT2D eigenvalue weighted by Gasteiger charge is -2.22. The predicted octanol–water partition coefficient (Wildman–Crippen LogP) is 5.41. The number of rotatable bonds is 4. The SMILES string of the molecule is CC(C)c1cccc(N(C)c2ccc(C(C)C)cc2O)c1. The lowest BCUT2D eigenvalue weighted by atomic mass is 10.0. The fourth-order valence-corrected chi connectivity index (χ4v) is 2.41. The van der Waals surface area contributed by atoms with Crippen molar-refractivity contribution in [2.45, 2.75) is 39.5 Å². The normalized spacial score (nSPS) is 11.2. The molecule has 2 nitrogen and oxygen atoms in total. The highest BCUT2D eigenvalue weighted by molar-refractivity contribution is 5.69. The molecule has 0 aromatic heterocycles. The molecule has 0 atom stereocenters. The van der Waals surface area contributed by atoms with Gasteiger partial charge in [0.1, 0.15) is 5.75 Å². The first-order chi connectivity index (χ1) is 9.90. The topological polar surface area (TPSA) is 23.5 Å². The Hall–Kier alpha value is -1.96. The summed E-state index contributed by atoms with van der Waals surface area (Å²) in [5.74, 6) is 1.24. The van der Waals surface area contributed by atoms with Crippen LogP contribution >= 0.6 is 0 Å². The van der Waals surface area contributed by atoms with Crippen LogP contribution in [-0.4, -0.2) is 12.2 Å². The second-order valence-electron chi connectivity index (χ2n) is 6.21. The van der Waals surface area contributed by atoms with Gasteiger partial charge in [0.25, 0.3) is 0 Å². The van der Waals surface area contributed by atoms with Crippen LogP contribution in [0.15, 0.2) is 42.5 Å². The first-order valence-electron chi connectivity index (χ1n) is 7.56. The quantitative estimate of drug-likeness (QED) is 0.811. The Labute approximate surface area is 128 Å². The third kappa shape index (κ3) is 3.38. The molecule has 0 radical (unpaired) electrons. The Kier molecular flexibility index (Phi) is 4.56. The van der Waals surface area contributed by atoms with Crippen LogP contribution in [0.25, 0.3) is 0 Å². The van der Waals surface area contributed by atoms with Gasteiger partial charge in [-0.3, -0.25) is 0 Å². The second-order valence-corrected chi connectivity index (χ2v) is 6.21. The van der Waals surface area contributed by atoms with E-state index >= 15 is 0 Å². The fourth-order valence-electron chi connectivity index (χ4n) is 2.41. The average Bonchev–Trinajstić information content (AvgIpc) is 2.46. The molecule has 0 aliphatic carbocycles. The highest BCUT2D eigenvalue weighted by Gasteiger charge is 2.11. The summed E-state index contributed by atoms with van der Waals surface area (Å²) in [6, 6.07) is 14.4. The number of anilines is 2. The van der Waals surface area contributed by atoms with E-state index < -0.39 is 0 Å². The molecule has 1 N–H and O–H groups in total. The van der Waals surface area contributed by atoms with Crippen molar-refractivity contribution in [3.8, 4) is 5.75 Å². The third-order valence-corrected chi connectivity index (χ3v) is 3.95. The molecule has 0 amide bonds. The zero-order valence-corrected chi connectivity index (χ0v) is 13.6. The van der Waals surface area contributed by atoms with E-state index in [1.165, 1.54) is 5.56 Å². The van der Waals surface area contributed by atoms with E-state index in [2.05, 4.69) is 58.0 Å². The zero-order chi connectivity index (χ0) is 15.6. The molecule has 0 fully saturated rings. The van der Waals surface area contributed by atoms with Gasteiger partial charge in [-0.15, -0.1) is 0 Å². The van der Waals surface area contributed by atoms with Crippen LogP contribution in [0.2, 0.25) is 0 Å². The van der Waals surface area contributed by atoms with Gasteiger partial charge >= 0.3 is 0 Å². The average molecular weight is 283 g/mol. The summed E-state index contributed by atoms with van der Waals surface area (Å²) < 4.78 is 0. The molecule has 2 heteroatoms. The van der Waals surface area contributed by atoms with Crippen LogP contribution in [0.5, 0.6) is 5.75 Å². The molecule has 0 aliphatic rings. The van der Waals surface area contributed by atoms with Crippen molar-refractivity contribution >= 4 is 11.4 Å². The van der Waals surface area contributed by atoms with Gasteiger partial charge in [-0.2, -0.15) is 0 Å². The summed E-state index contributed by atoms with van der Waals surface area (Å²) in [5, 5.41) is 10.3. The Bertz CT molecular complexity index is 617. The molecular formula is C19H25NO. The molecule has 0 heterocycles. The van der Waals surface area contributed by atoms with Crippen molar-refractivity contribution in [1.82, 2.24) is 0 Å². The van der Waals surface area contributed by atoms with Crippen molar-refractivity contribution in [2.24, 2.45) is 0 Å². The van der Waals surface area contributed by atoms with Crippen molar-refractivity contribution in [1.29, 1.82) is 0 Å². The van der Waals surface area contributed by atoms with E-state index in [0.29, 0.717) is 17.6 Å². The van der Waals surface area contributed by atoms with Gasteiger partial charge in [0.05, 0.1) is 5.69 Å². The van der Waals surface area contributed by atoms with Crippen LogP contribution < -0.4 is 4.90 Å². The van der Waals surface area contributed by atoms with Crippen molar-refractivity contribution in [3.63, 3.8) is 0 Å². The van der Waals surface area contributed by atoms with E-state index in [-0.39, 0.29) is 0 Å². The van der Waals surface area contributed by atoms with Crippen LogP contribution in [0, 0.1) is 0 Å². The van der Waals surface area contributed by atoms with Crippen molar-refractivity contribution in [3.05, 3.63) is 53.6 Å². The fraction of sp³-hybridized carbons (Fsp3) is 0.368. The molecule has 0 unspecified atom stereocenters. The number of phenolic OH excluding ortho intramolecular Hbond substituents is 1. The van der Waals surface area contributed by atoms with Gasteiger partial charge in [-0.1, -0.05) is 45.9 Å². The molecule has 2 rings (SSSR count). The van der Waals surface area contributed by atoms with E-state index in [1.54, 1.807) is 0 Å². The van der Waals surface area contributed by atoms with E-state index in [9.17, 15) is 5.11 Å². The number of benzene rings is 2. The standard InChI is InChI=1S/C19H25NO/c1-13(2)15-7-6-8-17(11-15)20(5)18-10-9-16(14(3)4)12-19(18)21/h6-14,21H,1-5H3. The Morgan fingerprint density at radius 2 is 1.48 bits per heavy atom. The summed E-state index contributed by atoms with van der Waals surface area (Å²) in [5.41, 5.74) is 4.38. The lowest BCUT2D eigenvalue weighted by Crippen LogP contribution is -2.10. The highest BCUT2D eigenvalue weighted by Crippen LogP contribution is 2.34. The van der Waals surface area contributed by atoms with Gasteiger partial charge in [0.2, 0.25) is 0 Å². The Morgan fingerprint density at radius 3 is 2.05 bits per heavy atom. The minimum Gasteiger partial charge on any atom is -0.506 e. The maximum absolute atomic E-state index is 10.3. The summed E-state index contributed by atoms with van der Waals surface area (Å²) in [6.07, 6.45) is 0. The third-order valence-electron chi connectivity index (χ3n) is 3.95. The molecule has 0 bridgehead atoms. The van der Waals surface area contributed by atoms with Gasteiger partial charge in [0.15, 0.2) is 0 Å². The number of hydrogen-bond acceptors (Lipinski definition) is 2. The van der Waals surface area contributed by atoms with Crippen LogP contribution in [0.3, 0.4) is 0 Å². The first-order valence-corrected chi connectivity index (χ1v) is 7.56. The van der Waals surface area contributed by atoms with Crippen LogP contribution in [-0.2, 0) is 0 Å². The Morgan fingerprint density at radius 1 is 0.857 bits per heavy atom. The van der Waals surface area contributed by atoms with Crippen molar-refractivity contribution in [2.75, 3.05) is 11.9 Å². The summed E-state index contributed by atoms with van der Waals surface area (Å²) >= 11 is 0. The number of nitrogens with zero attached hydrogens (tertiary/aromatic N) is 1. The van der Waals surface area contributed by atoms with Crippen LogP contribution in [0.4, 0.5) is 11.4 Å². The largest absolute Gasteiger partial charge is 0.506 e. The zero-order valence-electron chi connectivity index (χ0n) is 13.6. The molecule has 0 spiro atoms. The minimum absolute atomic E-state index is 0.332. The number of hydrogen-bond donors (Lipinski definition) is 1. The smallest absolute Gasteiger partial charge is 0.139 e. The molecule has 0 saturated carbocycles. The first kappa shape index (κ1) is 15.4. The maximum Gasteiger partial charge on any atom is 0.139 e. The van der Waals surface area contributed by atoms with Gasteiger partial charge in [-0.25, -0.2) is 0 Å². The molecule has 0 saturated heterocycles. The monoisotopic (exact) mass is 283 g/mol. The summed E-state index contributed by atoms with van der Waals surface area (Å²) in [4.78, 5) is 2.03. The molecule has 112 valence electrons. The van der Waals surface area contributed by atoms with Gasteiger partial charge < -0.3 is 10.0 Å². The van der Waals surface area contributed by atoms with E-state index in [0.717, 1.165) is 16.9 Å². The predicted molar refractivity (Wildman–Crippen MR) is 90.8 cm³/mol. The number of aromatic hydroxyl groups is 1. The van der Waals surface area contributed by atoms with Gasteiger partial charge in [0, 0.05) is 12.7 Å². The maximum atomic E-state index is 10.3.